The highest BCUT2D eigenvalue weighted by atomic mass is 16.4. The normalized spacial score (nSPS) is 10.4. The molecule has 1 aliphatic carbocycles. The van der Waals surface area contributed by atoms with Gasteiger partial charge in [-0.2, -0.15) is 0 Å². The molecule has 0 atom stereocenters. The van der Waals surface area contributed by atoms with Crippen LogP contribution < -0.4 is 11.1 Å². The summed E-state index contributed by atoms with van der Waals surface area (Å²) in [5.74, 6) is -0.314. The first-order chi connectivity index (χ1) is 13.8. The second-order valence-corrected chi connectivity index (χ2v) is 6.70. The minimum absolute atomic E-state index is 0.167. The number of aromatic carboxylic acids is 1. The zero-order chi connectivity index (χ0) is 21.1. The van der Waals surface area contributed by atoms with Crippen LogP contribution >= 0.6 is 0 Å². The molecule has 0 spiro atoms. The molecule has 0 amide bonds. The second-order valence-electron chi connectivity index (χ2n) is 6.70. The summed E-state index contributed by atoms with van der Waals surface area (Å²) in [6.45, 7) is 3.06. The lowest BCUT2D eigenvalue weighted by atomic mass is 9.91. The van der Waals surface area contributed by atoms with Gasteiger partial charge >= 0.3 is 5.97 Å². The molecule has 29 heavy (non-hydrogen) atoms. The Morgan fingerprint density at radius 3 is 2.34 bits per heavy atom. The molecule has 2 aromatic rings. The van der Waals surface area contributed by atoms with E-state index in [1.165, 1.54) is 13.8 Å². The summed E-state index contributed by atoms with van der Waals surface area (Å²) in [4.78, 5) is 21.1. The number of rotatable bonds is 2. The molecule has 0 bridgehead atoms. The molecule has 6 heteroatoms. The maximum atomic E-state index is 11.7. The van der Waals surface area contributed by atoms with Crippen LogP contribution in [0.5, 0.6) is 0 Å². The highest BCUT2D eigenvalue weighted by molar-refractivity contribution is 6.07. The molecule has 0 aromatic heterocycles. The fraction of sp³-hybridized carbons (Fsp3) is 0.0870. The van der Waals surface area contributed by atoms with E-state index in [2.05, 4.69) is 0 Å². The fourth-order valence-corrected chi connectivity index (χ4v) is 3.08. The van der Waals surface area contributed by atoms with Gasteiger partial charge in [0.05, 0.1) is 10.9 Å². The van der Waals surface area contributed by atoms with Gasteiger partial charge in [-0.3, -0.25) is 0 Å². The van der Waals surface area contributed by atoms with Crippen molar-refractivity contribution < 1.29 is 19.1 Å². The number of carbonyl (C=O) groups is 2. The predicted octanol–water partition coefficient (Wildman–Crippen LogP) is 4.56. The van der Waals surface area contributed by atoms with Crippen LogP contribution in [0.2, 0.25) is 0 Å². The van der Waals surface area contributed by atoms with Crippen molar-refractivity contribution in [3.63, 3.8) is 0 Å². The van der Waals surface area contributed by atoms with Crippen molar-refractivity contribution in [3.8, 4) is 22.5 Å². The first kappa shape index (κ1) is 19.8. The highest BCUT2D eigenvalue weighted by Gasteiger charge is 2.20. The quantitative estimate of drug-likeness (QED) is 0.344. The zero-order valence-electron chi connectivity index (χ0n) is 16.0. The van der Waals surface area contributed by atoms with E-state index in [1.807, 2.05) is 6.07 Å². The molecule has 2 aromatic carbocycles. The SMILES string of the molecule is CC(C)=O.N=c1ccc2c(-c3ccccc3C(=O)O)c3ccc(N)cc3oc-2c1. The third-order valence-electron chi connectivity index (χ3n) is 4.17. The van der Waals surface area contributed by atoms with Gasteiger partial charge in [0.15, 0.2) is 0 Å². The average Bonchev–Trinajstić information content (AvgIpc) is 2.65. The van der Waals surface area contributed by atoms with E-state index in [-0.39, 0.29) is 11.3 Å². The Morgan fingerprint density at radius 2 is 1.66 bits per heavy atom. The van der Waals surface area contributed by atoms with Crippen LogP contribution in [0.3, 0.4) is 0 Å². The van der Waals surface area contributed by atoms with Crippen molar-refractivity contribution in [1.29, 1.82) is 5.41 Å². The number of nitrogens with two attached hydrogens (primary N) is 1. The van der Waals surface area contributed by atoms with Crippen LogP contribution in [0.1, 0.15) is 24.2 Å². The Kier molecular flexibility index (Phi) is 5.45. The number of Topliss-reactive ketones (excluding diaryl/α,β-unsaturated/α-hetero) is 1. The van der Waals surface area contributed by atoms with Gasteiger partial charge in [0.1, 0.15) is 17.1 Å². The van der Waals surface area contributed by atoms with Gasteiger partial charge in [-0.05, 0) is 49.7 Å². The van der Waals surface area contributed by atoms with Crippen LogP contribution in [0, 0.1) is 5.41 Å². The summed E-state index contributed by atoms with van der Waals surface area (Å²) in [6.07, 6.45) is 0. The van der Waals surface area contributed by atoms with Crippen molar-refractivity contribution in [2.75, 3.05) is 5.73 Å². The Morgan fingerprint density at radius 1 is 0.966 bits per heavy atom. The van der Waals surface area contributed by atoms with Crippen molar-refractivity contribution in [3.05, 3.63) is 71.6 Å². The smallest absolute Gasteiger partial charge is 0.336 e. The lowest BCUT2D eigenvalue weighted by Crippen LogP contribution is -2.03. The third-order valence-corrected chi connectivity index (χ3v) is 4.17. The Bertz CT molecular complexity index is 1250. The van der Waals surface area contributed by atoms with E-state index >= 15 is 0 Å². The topological polar surface area (TPSA) is 117 Å². The number of carboxylic acids is 1. The van der Waals surface area contributed by atoms with Crippen molar-refractivity contribution >= 4 is 28.4 Å². The predicted molar refractivity (Wildman–Crippen MR) is 112 cm³/mol. The van der Waals surface area contributed by atoms with Gasteiger partial charge in [-0.25, -0.2) is 4.79 Å². The maximum absolute atomic E-state index is 11.7. The van der Waals surface area contributed by atoms with Gasteiger partial charge in [-0.15, -0.1) is 0 Å². The fourth-order valence-electron chi connectivity index (χ4n) is 3.08. The molecule has 1 aliphatic heterocycles. The number of carbonyl (C=O) groups excluding carboxylic acids is 1. The summed E-state index contributed by atoms with van der Waals surface area (Å²) in [7, 11) is 0. The van der Waals surface area contributed by atoms with E-state index in [0.29, 0.717) is 28.0 Å². The van der Waals surface area contributed by atoms with Gasteiger partial charge in [-0.1, -0.05) is 18.2 Å². The molecule has 0 unspecified atom stereocenters. The lowest BCUT2D eigenvalue weighted by molar-refractivity contribution is -0.115. The minimum Gasteiger partial charge on any atom is -0.478 e. The minimum atomic E-state index is -0.995. The standard InChI is InChI=1S/C20H14N2O3.C3H6O/c21-11-5-7-15-17(9-11)25-18-10-12(22)6-8-16(18)19(15)13-3-1-2-4-14(13)20(23)24;1-3(2)4/h1-10,21H,22H2,(H,23,24);1-2H3. The van der Waals surface area contributed by atoms with E-state index < -0.39 is 5.97 Å². The number of ketones is 1. The number of anilines is 1. The number of hydrogen-bond donors (Lipinski definition) is 3. The summed E-state index contributed by atoms with van der Waals surface area (Å²) in [6, 6.07) is 17.2. The molecule has 146 valence electrons. The molecular formula is C23H20N2O4. The number of benzene rings is 3. The molecule has 4 rings (SSSR count). The summed E-state index contributed by atoms with van der Waals surface area (Å²) in [5, 5.41) is 18.5. The second kappa shape index (κ2) is 7.98. The van der Waals surface area contributed by atoms with Crippen molar-refractivity contribution in [2.45, 2.75) is 13.8 Å². The number of carboxylic acid groups (broad SMARTS) is 1. The molecule has 4 N–H and O–H groups in total. The van der Waals surface area contributed by atoms with Gasteiger partial charge in [0, 0.05) is 34.3 Å². The Labute approximate surface area is 167 Å². The number of hydrogen-bond acceptors (Lipinski definition) is 5. The lowest BCUT2D eigenvalue weighted by Gasteiger charge is -2.16. The molecule has 0 saturated heterocycles. The number of nitrogen functional groups attached to an aromatic ring is 1. The van der Waals surface area contributed by atoms with Crippen molar-refractivity contribution in [1.82, 2.24) is 0 Å². The van der Waals surface area contributed by atoms with Gasteiger partial charge in [0.25, 0.3) is 0 Å². The highest BCUT2D eigenvalue weighted by Crippen LogP contribution is 2.41. The molecule has 2 aliphatic rings. The van der Waals surface area contributed by atoms with Crippen LogP contribution in [-0.2, 0) is 4.79 Å². The van der Waals surface area contributed by atoms with Crippen LogP contribution in [-0.4, -0.2) is 16.9 Å². The Balaban J connectivity index is 0.000000552. The maximum Gasteiger partial charge on any atom is 0.336 e. The van der Waals surface area contributed by atoms with Crippen LogP contribution in [0.25, 0.3) is 33.4 Å². The number of nitrogens with one attached hydrogen (secondary N) is 1. The summed E-state index contributed by atoms with van der Waals surface area (Å²) < 4.78 is 5.92. The van der Waals surface area contributed by atoms with E-state index in [9.17, 15) is 14.7 Å². The molecule has 0 fully saturated rings. The van der Waals surface area contributed by atoms with E-state index in [0.717, 1.165) is 16.5 Å². The van der Waals surface area contributed by atoms with Crippen LogP contribution in [0.4, 0.5) is 5.69 Å². The third kappa shape index (κ3) is 4.16. The average molecular weight is 388 g/mol. The molecular weight excluding hydrogens is 368 g/mol. The van der Waals surface area contributed by atoms with Gasteiger partial charge < -0.3 is 25.5 Å². The first-order valence-electron chi connectivity index (χ1n) is 8.88. The van der Waals surface area contributed by atoms with Crippen LogP contribution in [0.15, 0.2) is 65.1 Å². The molecule has 0 radical (unpaired) electrons. The summed E-state index contributed by atoms with van der Waals surface area (Å²) in [5.41, 5.74) is 9.30. The number of fused-ring (bicyclic) bond motifs is 2. The van der Waals surface area contributed by atoms with E-state index in [1.54, 1.807) is 54.6 Å². The zero-order valence-corrected chi connectivity index (χ0v) is 16.0. The first-order valence-corrected chi connectivity index (χ1v) is 8.88. The molecule has 1 heterocycles. The summed E-state index contributed by atoms with van der Waals surface area (Å²) >= 11 is 0. The van der Waals surface area contributed by atoms with Crippen molar-refractivity contribution in [2.24, 2.45) is 0 Å². The largest absolute Gasteiger partial charge is 0.478 e. The molecule has 0 saturated carbocycles. The molecule has 6 nitrogen and oxygen atoms in total. The Hall–Kier alpha value is -3.93. The monoisotopic (exact) mass is 388 g/mol. The van der Waals surface area contributed by atoms with E-state index in [4.69, 9.17) is 15.6 Å². The van der Waals surface area contributed by atoms with Gasteiger partial charge in [0.2, 0.25) is 0 Å².